The summed E-state index contributed by atoms with van der Waals surface area (Å²) in [5.74, 6) is 0.924. The van der Waals surface area contributed by atoms with Gasteiger partial charge in [0.05, 0.1) is 6.20 Å². The van der Waals surface area contributed by atoms with Gasteiger partial charge in [-0.1, -0.05) is 28.1 Å². The molecule has 0 unspecified atom stereocenters. The average molecular weight is 353 g/mol. The largest absolute Gasteiger partial charge is 0.487 e. The highest BCUT2D eigenvalue weighted by atomic mass is 79.9. The van der Waals surface area contributed by atoms with Crippen LogP contribution >= 0.6 is 15.9 Å². The van der Waals surface area contributed by atoms with E-state index in [0.717, 1.165) is 46.6 Å². The molecule has 0 radical (unpaired) electrons. The highest BCUT2D eigenvalue weighted by Gasteiger charge is 2.10. The van der Waals surface area contributed by atoms with Crippen molar-refractivity contribution < 1.29 is 4.74 Å². The van der Waals surface area contributed by atoms with E-state index in [0.29, 0.717) is 6.61 Å². The zero-order chi connectivity index (χ0) is 15.2. The summed E-state index contributed by atoms with van der Waals surface area (Å²) in [7, 11) is 1.85. The van der Waals surface area contributed by atoms with Crippen molar-refractivity contribution in [3.63, 3.8) is 0 Å². The lowest BCUT2D eigenvalue weighted by Gasteiger charge is -2.15. The summed E-state index contributed by atoms with van der Waals surface area (Å²) in [6.45, 7) is 6.43. The van der Waals surface area contributed by atoms with Gasteiger partial charge in [0, 0.05) is 23.6 Å². The quantitative estimate of drug-likeness (QED) is 0.778. The molecular formula is C15H21BrN4O. The van der Waals surface area contributed by atoms with Gasteiger partial charge in [-0.05, 0) is 37.6 Å². The molecule has 0 saturated carbocycles. The third-order valence-corrected chi connectivity index (χ3v) is 3.53. The van der Waals surface area contributed by atoms with E-state index in [2.05, 4.69) is 57.5 Å². The summed E-state index contributed by atoms with van der Waals surface area (Å²) in [4.78, 5) is 0. The Kier molecular flexibility index (Phi) is 5.76. The van der Waals surface area contributed by atoms with Crippen molar-refractivity contribution in [2.45, 2.75) is 33.4 Å². The van der Waals surface area contributed by atoms with Crippen LogP contribution < -0.4 is 10.1 Å². The van der Waals surface area contributed by atoms with Crippen LogP contribution in [0.2, 0.25) is 0 Å². The van der Waals surface area contributed by atoms with Gasteiger partial charge in [0.1, 0.15) is 18.1 Å². The Bertz CT molecular complexity index is 597. The lowest BCUT2D eigenvalue weighted by atomic mass is 10.1. The number of nitrogens with zero attached hydrogens (tertiary/aromatic N) is 3. The number of aryl methyl sites for hydroxylation is 2. The van der Waals surface area contributed by atoms with E-state index in [1.54, 1.807) is 4.68 Å². The van der Waals surface area contributed by atoms with E-state index in [1.807, 2.05) is 13.2 Å². The highest BCUT2D eigenvalue weighted by Crippen LogP contribution is 2.28. The van der Waals surface area contributed by atoms with E-state index in [9.17, 15) is 0 Å². The minimum atomic E-state index is 0.428. The summed E-state index contributed by atoms with van der Waals surface area (Å²) in [5.41, 5.74) is 3.09. The van der Waals surface area contributed by atoms with Crippen LogP contribution in [0.3, 0.4) is 0 Å². The molecule has 0 spiro atoms. The SMILES string of the molecule is CCCNCc1cc(Br)cc(C)c1OCc1cn(C)nn1. The normalized spacial score (nSPS) is 10.9. The van der Waals surface area contributed by atoms with Gasteiger partial charge in [0.25, 0.3) is 0 Å². The highest BCUT2D eigenvalue weighted by molar-refractivity contribution is 9.10. The van der Waals surface area contributed by atoms with Crippen LogP contribution in [0.4, 0.5) is 0 Å². The predicted molar refractivity (Wildman–Crippen MR) is 86.2 cm³/mol. The molecule has 0 amide bonds. The molecule has 114 valence electrons. The molecule has 0 saturated heterocycles. The van der Waals surface area contributed by atoms with E-state index >= 15 is 0 Å². The lowest BCUT2D eigenvalue weighted by Crippen LogP contribution is -2.15. The molecular weight excluding hydrogens is 332 g/mol. The first-order valence-electron chi connectivity index (χ1n) is 7.08. The van der Waals surface area contributed by atoms with E-state index in [1.165, 1.54) is 0 Å². The average Bonchev–Trinajstić information content (AvgIpc) is 2.83. The van der Waals surface area contributed by atoms with Crippen molar-refractivity contribution in [1.82, 2.24) is 20.3 Å². The number of benzene rings is 1. The Morgan fingerprint density at radius 1 is 1.38 bits per heavy atom. The molecule has 21 heavy (non-hydrogen) atoms. The Balaban J connectivity index is 2.12. The second kappa shape index (κ2) is 7.56. The Labute approximate surface area is 133 Å². The van der Waals surface area contributed by atoms with Crippen molar-refractivity contribution >= 4 is 15.9 Å². The van der Waals surface area contributed by atoms with Crippen molar-refractivity contribution in [3.8, 4) is 5.75 Å². The number of hydrogen-bond acceptors (Lipinski definition) is 4. The minimum Gasteiger partial charge on any atom is -0.487 e. The topological polar surface area (TPSA) is 52.0 Å². The Morgan fingerprint density at radius 2 is 2.19 bits per heavy atom. The molecule has 0 aliphatic heterocycles. The van der Waals surface area contributed by atoms with E-state index in [-0.39, 0.29) is 0 Å². The maximum absolute atomic E-state index is 5.98. The number of ether oxygens (including phenoxy) is 1. The van der Waals surface area contributed by atoms with Crippen molar-refractivity contribution in [2.75, 3.05) is 6.54 Å². The van der Waals surface area contributed by atoms with Crippen LogP contribution in [0.1, 0.15) is 30.2 Å². The standard InChI is InChI=1S/C15H21BrN4O/c1-4-5-17-8-12-7-13(16)6-11(2)15(12)21-10-14-9-20(3)19-18-14/h6-7,9,17H,4-5,8,10H2,1-3H3. The lowest BCUT2D eigenvalue weighted by molar-refractivity contribution is 0.295. The molecule has 1 aromatic heterocycles. The molecule has 1 heterocycles. The summed E-state index contributed by atoms with van der Waals surface area (Å²) < 4.78 is 8.72. The fourth-order valence-corrected chi connectivity index (χ4v) is 2.76. The van der Waals surface area contributed by atoms with Gasteiger partial charge in [0.2, 0.25) is 0 Å². The molecule has 1 aromatic carbocycles. The van der Waals surface area contributed by atoms with Gasteiger partial charge in [-0.15, -0.1) is 5.10 Å². The van der Waals surface area contributed by atoms with Crippen LogP contribution in [0, 0.1) is 6.92 Å². The van der Waals surface area contributed by atoms with Gasteiger partial charge in [-0.3, -0.25) is 4.68 Å². The van der Waals surface area contributed by atoms with Crippen molar-refractivity contribution in [2.24, 2.45) is 7.05 Å². The van der Waals surface area contributed by atoms with Crippen LogP contribution in [0.15, 0.2) is 22.8 Å². The maximum atomic E-state index is 5.98. The molecule has 6 heteroatoms. The number of rotatable bonds is 7. The third kappa shape index (κ3) is 4.54. The molecule has 2 rings (SSSR count). The fraction of sp³-hybridized carbons (Fsp3) is 0.467. The number of halogens is 1. The van der Waals surface area contributed by atoms with E-state index < -0.39 is 0 Å². The summed E-state index contributed by atoms with van der Waals surface area (Å²) >= 11 is 3.55. The zero-order valence-electron chi connectivity index (χ0n) is 12.7. The first kappa shape index (κ1) is 16.0. The second-order valence-corrected chi connectivity index (χ2v) is 5.98. The maximum Gasteiger partial charge on any atom is 0.134 e. The molecule has 1 N–H and O–H groups in total. The second-order valence-electron chi connectivity index (χ2n) is 5.06. The molecule has 0 bridgehead atoms. The molecule has 5 nitrogen and oxygen atoms in total. The van der Waals surface area contributed by atoms with Gasteiger partial charge in [-0.25, -0.2) is 0 Å². The third-order valence-electron chi connectivity index (χ3n) is 3.07. The number of nitrogens with one attached hydrogen (secondary N) is 1. The Morgan fingerprint density at radius 3 is 2.86 bits per heavy atom. The molecule has 2 aromatic rings. The van der Waals surface area contributed by atoms with Crippen LogP contribution in [0.25, 0.3) is 0 Å². The molecule has 0 aliphatic rings. The smallest absolute Gasteiger partial charge is 0.134 e. The van der Waals surface area contributed by atoms with Crippen LogP contribution in [0.5, 0.6) is 5.75 Å². The minimum absolute atomic E-state index is 0.428. The molecule has 0 aliphatic carbocycles. The van der Waals surface area contributed by atoms with Crippen LogP contribution in [-0.2, 0) is 20.2 Å². The van der Waals surface area contributed by atoms with Crippen molar-refractivity contribution in [3.05, 3.63) is 39.6 Å². The van der Waals surface area contributed by atoms with Gasteiger partial charge in [-0.2, -0.15) is 0 Å². The molecule has 0 atom stereocenters. The fourth-order valence-electron chi connectivity index (χ4n) is 2.14. The van der Waals surface area contributed by atoms with Gasteiger partial charge < -0.3 is 10.1 Å². The number of hydrogen-bond donors (Lipinski definition) is 1. The van der Waals surface area contributed by atoms with Crippen molar-refractivity contribution in [1.29, 1.82) is 0 Å². The van der Waals surface area contributed by atoms with Gasteiger partial charge >= 0.3 is 0 Å². The molecule has 0 fully saturated rings. The first-order chi connectivity index (χ1) is 10.1. The number of aromatic nitrogens is 3. The summed E-state index contributed by atoms with van der Waals surface area (Å²) in [6, 6.07) is 4.16. The monoisotopic (exact) mass is 352 g/mol. The van der Waals surface area contributed by atoms with E-state index in [4.69, 9.17) is 4.74 Å². The first-order valence-corrected chi connectivity index (χ1v) is 7.87. The Hall–Kier alpha value is -1.40. The summed E-state index contributed by atoms with van der Waals surface area (Å²) in [5, 5.41) is 11.4. The van der Waals surface area contributed by atoms with Crippen LogP contribution in [-0.4, -0.2) is 21.5 Å². The van der Waals surface area contributed by atoms with Gasteiger partial charge in [0.15, 0.2) is 0 Å². The predicted octanol–water partition coefficient (Wildman–Crippen LogP) is 2.96. The zero-order valence-corrected chi connectivity index (χ0v) is 14.3. The summed E-state index contributed by atoms with van der Waals surface area (Å²) in [6.07, 6.45) is 2.98.